The highest BCUT2D eigenvalue weighted by Gasteiger charge is 2.46. The fourth-order valence-electron chi connectivity index (χ4n) is 3.30. The van der Waals surface area contributed by atoms with Crippen molar-refractivity contribution in [2.75, 3.05) is 6.61 Å². The van der Waals surface area contributed by atoms with Crippen LogP contribution in [0.4, 0.5) is 8.78 Å². The van der Waals surface area contributed by atoms with Gasteiger partial charge in [0.2, 0.25) is 0 Å². The number of ether oxygens (including phenoxy) is 1. The normalized spacial score (nSPS) is 24.6. The van der Waals surface area contributed by atoms with E-state index in [1.54, 1.807) is 0 Å². The zero-order valence-corrected chi connectivity index (χ0v) is 21.7. The summed E-state index contributed by atoms with van der Waals surface area (Å²) in [6.45, 7) is -2.39. The number of alkyl halides is 2. The molecule has 5 atom stereocenters. The quantitative estimate of drug-likeness (QED) is 0.180. The molecule has 1 saturated heterocycles. The van der Waals surface area contributed by atoms with E-state index < -0.39 is 76.1 Å². The van der Waals surface area contributed by atoms with E-state index in [0.29, 0.717) is 4.57 Å². The highest BCUT2D eigenvalue weighted by atomic mass is 127. The van der Waals surface area contributed by atoms with E-state index in [2.05, 4.69) is 8.83 Å². The van der Waals surface area contributed by atoms with E-state index in [-0.39, 0.29) is 8.14 Å². The molecule has 1 fully saturated rings. The van der Waals surface area contributed by atoms with Gasteiger partial charge in [-0.1, -0.05) is 30.3 Å². The second-order valence-electron chi connectivity index (χ2n) is 7.51. The maximum atomic E-state index is 14.8. The lowest BCUT2D eigenvalue weighted by Gasteiger charge is -2.22. The molecule has 2 aromatic rings. The number of phosphoric ester groups is 1. The van der Waals surface area contributed by atoms with Gasteiger partial charge in [-0.05, 0) is 22.6 Å². The Kier molecular flexibility index (Phi) is 8.74. The molecule has 5 N–H and O–H groups in total. The molecule has 14 nitrogen and oxygen atoms in total. The van der Waals surface area contributed by atoms with Crippen LogP contribution in [0, 0.1) is 3.57 Å². The smallest absolute Gasteiger partial charge is 0.387 e. The van der Waals surface area contributed by atoms with Gasteiger partial charge >= 0.3 is 21.3 Å². The summed E-state index contributed by atoms with van der Waals surface area (Å²) in [7, 11) is -10.8. The summed E-state index contributed by atoms with van der Waals surface area (Å²) in [5, 5.41) is 20.6. The zero-order chi connectivity index (χ0) is 27.1. The van der Waals surface area contributed by atoms with Crippen molar-refractivity contribution in [3.8, 4) is 0 Å². The second kappa shape index (κ2) is 10.8. The third-order valence-corrected chi connectivity index (χ3v) is 7.82. The summed E-state index contributed by atoms with van der Waals surface area (Å²) in [6.07, 6.45) is -6.27. The van der Waals surface area contributed by atoms with E-state index in [1.165, 1.54) is 40.8 Å². The van der Waals surface area contributed by atoms with Crippen LogP contribution in [-0.2, 0) is 35.2 Å². The molecule has 0 saturated carbocycles. The minimum atomic E-state index is -5.43. The van der Waals surface area contributed by atoms with Crippen LogP contribution < -0.4 is 11.2 Å². The van der Waals surface area contributed by atoms with Crippen LogP contribution in [0.2, 0.25) is 0 Å². The molecule has 1 aliphatic rings. The lowest BCUT2D eigenvalue weighted by Crippen LogP contribution is -2.46. The predicted octanol–water partition coefficient (Wildman–Crippen LogP) is 0.252. The summed E-state index contributed by atoms with van der Waals surface area (Å²) in [5.74, 6) is -3.64. The minimum absolute atomic E-state index is 0.212. The lowest BCUT2D eigenvalue weighted by molar-refractivity contribution is -0.0571. The molecule has 0 spiro atoms. The Balaban J connectivity index is 1.88. The number of aliphatic hydroxyl groups is 2. The van der Waals surface area contributed by atoms with Gasteiger partial charge in [-0.25, -0.2) is 13.9 Å². The molecule has 36 heavy (non-hydrogen) atoms. The van der Waals surface area contributed by atoms with Crippen LogP contribution in [-0.4, -0.2) is 58.9 Å². The molecule has 2 heterocycles. The Labute approximate surface area is 213 Å². The van der Waals surface area contributed by atoms with Crippen molar-refractivity contribution in [1.82, 2.24) is 9.13 Å². The largest absolute Gasteiger partial charge is 0.481 e. The Morgan fingerprint density at radius 3 is 2.28 bits per heavy atom. The summed E-state index contributed by atoms with van der Waals surface area (Å²) in [4.78, 5) is 52.1. The van der Waals surface area contributed by atoms with Gasteiger partial charge < -0.3 is 29.6 Å². The first-order valence-electron chi connectivity index (χ1n) is 9.73. The average molecular weight is 670 g/mol. The maximum absolute atomic E-state index is 14.8. The average Bonchev–Trinajstić information content (AvgIpc) is 3.05. The van der Waals surface area contributed by atoms with Crippen LogP contribution in [0.5, 0.6) is 0 Å². The molecule has 0 amide bonds. The molecule has 1 aromatic carbocycles. The summed E-state index contributed by atoms with van der Waals surface area (Å²) in [5.41, 5.74) is -2.82. The minimum Gasteiger partial charge on any atom is -0.387 e. The van der Waals surface area contributed by atoms with Gasteiger partial charge in [0.15, 0.2) is 6.23 Å². The Morgan fingerprint density at radius 1 is 1.08 bits per heavy atom. The number of hydrogen-bond acceptors (Lipinski definition) is 9. The van der Waals surface area contributed by atoms with E-state index in [9.17, 15) is 42.6 Å². The molecule has 2 unspecified atom stereocenters. The first-order valence-corrected chi connectivity index (χ1v) is 13.8. The Morgan fingerprint density at radius 2 is 1.69 bits per heavy atom. The molecule has 0 aliphatic carbocycles. The third-order valence-electron chi connectivity index (χ3n) is 4.93. The molecule has 3 rings (SSSR count). The number of aliphatic hydroxyl groups excluding tert-OH is 2. The molecule has 1 aliphatic heterocycles. The first-order chi connectivity index (χ1) is 16.5. The number of hydrogen-bond donors (Lipinski definition) is 5. The van der Waals surface area contributed by atoms with E-state index >= 15 is 0 Å². The van der Waals surface area contributed by atoms with Crippen LogP contribution in [0.3, 0.4) is 0 Å². The van der Waals surface area contributed by atoms with Crippen molar-refractivity contribution in [3.63, 3.8) is 0 Å². The van der Waals surface area contributed by atoms with E-state index in [1.807, 2.05) is 0 Å². The van der Waals surface area contributed by atoms with Crippen molar-refractivity contribution in [1.29, 1.82) is 0 Å². The first kappa shape index (κ1) is 29.2. The van der Waals surface area contributed by atoms with Crippen LogP contribution >= 0.6 is 38.2 Å². The molecule has 0 radical (unpaired) electrons. The van der Waals surface area contributed by atoms with Crippen molar-refractivity contribution < 1.29 is 56.4 Å². The standard InChI is InChI=1S/C17H19F2IN2O12P2/c18-17(19,9-4-2-1-3-5-9)8-22-14(25)10(20)6-21(16(22)26)15-13(24)12(23)11(33-15)7-32-36(30,31)34-35(27,28)29/h1-6,11-13,15,23-24H,7-8H2,(H,30,31)(H2,27,28,29)/t11-,12?,13+,15-/m1/s1. The number of nitrogens with zero attached hydrogens (tertiary/aromatic N) is 2. The number of rotatable bonds is 9. The second-order valence-corrected chi connectivity index (χ2v) is 11.5. The zero-order valence-electron chi connectivity index (χ0n) is 17.7. The summed E-state index contributed by atoms with van der Waals surface area (Å²) < 4.78 is 65.8. The highest BCUT2D eigenvalue weighted by Crippen LogP contribution is 2.57. The molecule has 1 aromatic heterocycles. The van der Waals surface area contributed by atoms with Gasteiger partial charge in [-0.2, -0.15) is 13.1 Å². The monoisotopic (exact) mass is 670 g/mol. The van der Waals surface area contributed by atoms with Gasteiger partial charge in [0, 0.05) is 11.8 Å². The van der Waals surface area contributed by atoms with Crippen molar-refractivity contribution in [2.24, 2.45) is 0 Å². The molecular weight excluding hydrogens is 651 g/mol. The van der Waals surface area contributed by atoms with Crippen molar-refractivity contribution >= 4 is 38.2 Å². The molecule has 19 heteroatoms. The number of halogens is 3. The summed E-state index contributed by atoms with van der Waals surface area (Å²) >= 11 is 1.48. The predicted molar refractivity (Wildman–Crippen MR) is 123 cm³/mol. The van der Waals surface area contributed by atoms with Gasteiger partial charge in [0.25, 0.3) is 11.5 Å². The van der Waals surface area contributed by atoms with Crippen molar-refractivity contribution in [2.45, 2.75) is 37.0 Å². The van der Waals surface area contributed by atoms with Crippen molar-refractivity contribution in [3.05, 3.63) is 66.5 Å². The van der Waals surface area contributed by atoms with Gasteiger partial charge in [-0.3, -0.25) is 18.5 Å². The van der Waals surface area contributed by atoms with Gasteiger partial charge in [0.05, 0.1) is 16.7 Å². The highest BCUT2D eigenvalue weighted by molar-refractivity contribution is 14.1. The number of phosphoric acid groups is 2. The van der Waals surface area contributed by atoms with Gasteiger partial charge in [0.1, 0.15) is 18.3 Å². The van der Waals surface area contributed by atoms with E-state index in [4.69, 9.17) is 14.5 Å². The number of benzene rings is 1. The molecular formula is C17H19F2IN2O12P2. The Bertz CT molecular complexity index is 1320. The fourth-order valence-corrected chi connectivity index (χ4v) is 5.49. The van der Waals surface area contributed by atoms with Gasteiger partial charge in [-0.15, -0.1) is 0 Å². The third kappa shape index (κ3) is 6.73. The van der Waals surface area contributed by atoms with Crippen LogP contribution in [0.1, 0.15) is 11.8 Å². The Hall–Kier alpha value is -1.37. The van der Waals surface area contributed by atoms with E-state index in [0.717, 1.165) is 18.3 Å². The SMILES string of the molecule is O=c1c(I)cn([C@@H]2O[C@H](COP(=O)(O)OP(=O)(O)O)C(O)[C@@H]2O)c(=O)n1CC(F)(F)c1ccccc1. The molecule has 200 valence electrons. The topological polar surface area (TPSA) is 207 Å². The molecule has 0 bridgehead atoms. The summed E-state index contributed by atoms with van der Waals surface area (Å²) in [6, 6.07) is 6.42. The lowest BCUT2D eigenvalue weighted by atomic mass is 10.1. The maximum Gasteiger partial charge on any atom is 0.481 e. The van der Waals surface area contributed by atoms with Crippen LogP contribution in [0.25, 0.3) is 0 Å². The van der Waals surface area contributed by atoms with Crippen LogP contribution in [0.15, 0.2) is 46.1 Å². The fraction of sp³-hybridized carbons (Fsp3) is 0.412. The number of aromatic nitrogens is 2.